The minimum absolute atomic E-state index is 0.184. The number of hydrogen-bond donors (Lipinski definition) is 0. The zero-order valence-electron chi connectivity index (χ0n) is 31.3. The molecule has 0 N–H and O–H groups in total. The van der Waals surface area contributed by atoms with Crippen LogP contribution in [0.5, 0.6) is 0 Å². The van der Waals surface area contributed by atoms with Gasteiger partial charge >= 0.3 is 0 Å². The molecule has 0 radical (unpaired) electrons. The third-order valence-corrected chi connectivity index (χ3v) is 11.5. The molecule has 1 amide bonds. The number of carbonyl (C=O) groups is 1. The number of rotatable bonds is 13. The molecule has 1 saturated carbocycles. The second-order valence-electron chi connectivity index (χ2n) is 15.6. The Hall–Kier alpha value is -2.77. The van der Waals surface area contributed by atoms with Crippen molar-refractivity contribution in [1.29, 1.82) is 0 Å². The maximum Gasteiger partial charge on any atom is 0.227 e. The van der Waals surface area contributed by atoms with Crippen molar-refractivity contribution in [2.75, 3.05) is 61.4 Å². The molecule has 6 nitrogen and oxygen atoms in total. The van der Waals surface area contributed by atoms with Gasteiger partial charge in [-0.25, -0.2) is 0 Å². The lowest BCUT2D eigenvalue weighted by Crippen LogP contribution is -2.61. The number of nitrogens with zero attached hydrogens (tertiary/aromatic N) is 5. The molecule has 6 heteroatoms. The number of likely N-dealkylation sites (N-methyl/N-ethyl adjacent to an activating group) is 3. The zero-order valence-corrected chi connectivity index (χ0v) is 31.3. The molecule has 3 aromatic carbocycles. The maximum absolute atomic E-state index is 14.0. The third-order valence-electron chi connectivity index (χ3n) is 11.5. The van der Waals surface area contributed by atoms with E-state index in [1.807, 2.05) is 0 Å². The van der Waals surface area contributed by atoms with Gasteiger partial charge in [-0.1, -0.05) is 79.1 Å². The highest BCUT2D eigenvalue weighted by Crippen LogP contribution is 2.27. The van der Waals surface area contributed by atoms with Gasteiger partial charge in [0.25, 0.3) is 0 Å². The van der Waals surface area contributed by atoms with E-state index in [0.717, 1.165) is 51.0 Å². The summed E-state index contributed by atoms with van der Waals surface area (Å²) in [5.74, 6) is 0.259. The Morgan fingerprint density at radius 3 is 2.31 bits per heavy atom. The normalized spacial score (nSPS) is 23.0. The summed E-state index contributed by atoms with van der Waals surface area (Å²) in [7, 11) is 11.3. The first-order chi connectivity index (χ1) is 23.0. The van der Waals surface area contributed by atoms with E-state index < -0.39 is 0 Å². The van der Waals surface area contributed by atoms with Gasteiger partial charge in [0, 0.05) is 49.8 Å². The van der Waals surface area contributed by atoms with Gasteiger partial charge in [0.05, 0.1) is 6.42 Å². The fourth-order valence-corrected chi connectivity index (χ4v) is 8.54. The van der Waals surface area contributed by atoms with Crippen molar-refractivity contribution in [1.82, 2.24) is 24.5 Å². The standard InChI is InChI=1S/C42H63N5O/c1-31-19-21-36(32(2)24-31)27-39(43(4)5)29-46-28-33(3)47(42(48)26-34-20-22-35-14-9-10-15-37(35)25-34)30-38(46)16-13-23-45(8)41-18-12-11-17-40(41)44(6)7/h9-10,14-15,19-22,24-25,33,38-41H,11-13,16-18,23,26-30H2,1-8H3/t33-,38?,39-,40?,41?/m1/s1. The van der Waals surface area contributed by atoms with E-state index in [4.69, 9.17) is 0 Å². The molecule has 0 aromatic heterocycles. The first-order valence-corrected chi connectivity index (χ1v) is 18.6. The van der Waals surface area contributed by atoms with Crippen LogP contribution in [0, 0.1) is 13.8 Å². The number of aryl methyl sites for hydroxylation is 2. The number of amides is 1. The summed E-state index contributed by atoms with van der Waals surface area (Å²) in [5.41, 5.74) is 5.26. The van der Waals surface area contributed by atoms with Crippen LogP contribution < -0.4 is 0 Å². The number of piperazine rings is 1. The Morgan fingerprint density at radius 1 is 0.875 bits per heavy atom. The Morgan fingerprint density at radius 2 is 1.60 bits per heavy atom. The molecule has 2 aliphatic rings. The molecule has 1 saturated heterocycles. The van der Waals surface area contributed by atoms with Crippen molar-refractivity contribution in [3.8, 4) is 0 Å². The van der Waals surface area contributed by atoms with E-state index in [2.05, 4.69) is 141 Å². The molecule has 5 rings (SSSR count). The molecule has 1 aliphatic heterocycles. The molecule has 0 bridgehead atoms. The second-order valence-corrected chi connectivity index (χ2v) is 15.6. The van der Waals surface area contributed by atoms with Crippen LogP contribution in [0.3, 0.4) is 0 Å². The average Bonchev–Trinajstić information content (AvgIpc) is 3.06. The fraction of sp³-hybridized carbons (Fsp3) is 0.595. The van der Waals surface area contributed by atoms with E-state index in [9.17, 15) is 4.79 Å². The Balaban J connectivity index is 1.30. The Bertz CT molecular complexity index is 1490. The van der Waals surface area contributed by atoms with Crippen LogP contribution in [-0.4, -0.2) is 122 Å². The summed E-state index contributed by atoms with van der Waals surface area (Å²) in [4.78, 5) is 26.4. The second kappa shape index (κ2) is 16.8. The topological polar surface area (TPSA) is 33.3 Å². The molecule has 1 aliphatic carbocycles. The average molecular weight is 654 g/mol. The van der Waals surface area contributed by atoms with Gasteiger partial charge in [-0.3, -0.25) is 9.69 Å². The highest BCUT2D eigenvalue weighted by Gasteiger charge is 2.36. The molecule has 2 fully saturated rings. The van der Waals surface area contributed by atoms with Gasteiger partial charge in [0.1, 0.15) is 0 Å². The van der Waals surface area contributed by atoms with Crippen molar-refractivity contribution in [2.24, 2.45) is 0 Å². The monoisotopic (exact) mass is 654 g/mol. The van der Waals surface area contributed by atoms with Gasteiger partial charge in [-0.05, 0) is 122 Å². The maximum atomic E-state index is 14.0. The summed E-state index contributed by atoms with van der Waals surface area (Å²) in [5, 5.41) is 2.43. The number of benzene rings is 3. The van der Waals surface area contributed by atoms with Crippen molar-refractivity contribution < 1.29 is 4.79 Å². The summed E-state index contributed by atoms with van der Waals surface area (Å²) < 4.78 is 0. The van der Waals surface area contributed by atoms with Gasteiger partial charge in [-0.15, -0.1) is 0 Å². The van der Waals surface area contributed by atoms with Gasteiger partial charge in [0.2, 0.25) is 5.91 Å². The Labute approximate surface area is 292 Å². The minimum atomic E-state index is 0.184. The number of fused-ring (bicyclic) bond motifs is 1. The lowest BCUT2D eigenvalue weighted by molar-refractivity contribution is -0.137. The molecule has 0 spiro atoms. The summed E-state index contributed by atoms with van der Waals surface area (Å²) in [6.07, 6.45) is 9.06. The van der Waals surface area contributed by atoms with E-state index in [1.54, 1.807) is 0 Å². The first kappa shape index (κ1) is 36.5. The lowest BCUT2D eigenvalue weighted by Gasteiger charge is -2.47. The molecular formula is C42H63N5O. The van der Waals surface area contributed by atoms with Crippen LogP contribution in [0.2, 0.25) is 0 Å². The molecule has 3 aromatic rings. The van der Waals surface area contributed by atoms with Crippen molar-refractivity contribution in [2.45, 2.75) is 102 Å². The quantitative estimate of drug-likeness (QED) is 0.206. The smallest absolute Gasteiger partial charge is 0.227 e. The van der Waals surface area contributed by atoms with Crippen LogP contribution in [0.1, 0.15) is 67.7 Å². The molecule has 262 valence electrons. The van der Waals surface area contributed by atoms with Gasteiger partial charge < -0.3 is 19.6 Å². The van der Waals surface area contributed by atoms with E-state index in [0.29, 0.717) is 30.6 Å². The van der Waals surface area contributed by atoms with E-state index >= 15 is 0 Å². The fourth-order valence-electron chi connectivity index (χ4n) is 8.54. The first-order valence-electron chi connectivity index (χ1n) is 18.6. The highest BCUT2D eigenvalue weighted by molar-refractivity contribution is 5.85. The van der Waals surface area contributed by atoms with E-state index in [1.165, 1.54) is 53.1 Å². The largest absolute Gasteiger partial charge is 0.337 e. The van der Waals surface area contributed by atoms with Crippen molar-refractivity contribution in [3.63, 3.8) is 0 Å². The van der Waals surface area contributed by atoms with E-state index in [-0.39, 0.29) is 11.9 Å². The SMILES string of the molecule is Cc1ccc(C[C@H](CN2C[C@@H](C)N(C(=O)Cc3ccc4ccccc4c3)CC2CCCN(C)C2CCCCC2N(C)C)N(C)C)c(C)c1. The van der Waals surface area contributed by atoms with Gasteiger partial charge in [0.15, 0.2) is 0 Å². The lowest BCUT2D eigenvalue weighted by atomic mass is 9.88. The number of hydrogen-bond acceptors (Lipinski definition) is 5. The van der Waals surface area contributed by atoms with Crippen LogP contribution in [0.25, 0.3) is 10.8 Å². The predicted molar refractivity (Wildman–Crippen MR) is 203 cm³/mol. The van der Waals surface area contributed by atoms with Crippen LogP contribution in [0.15, 0.2) is 60.7 Å². The molecular weight excluding hydrogens is 590 g/mol. The predicted octanol–water partition coefficient (Wildman–Crippen LogP) is 6.66. The van der Waals surface area contributed by atoms with Crippen LogP contribution in [0.4, 0.5) is 0 Å². The zero-order chi connectivity index (χ0) is 34.4. The molecule has 48 heavy (non-hydrogen) atoms. The van der Waals surface area contributed by atoms with Crippen LogP contribution in [-0.2, 0) is 17.6 Å². The number of carbonyl (C=O) groups excluding carboxylic acids is 1. The van der Waals surface area contributed by atoms with Crippen LogP contribution >= 0.6 is 0 Å². The molecule has 5 atom stereocenters. The highest BCUT2D eigenvalue weighted by atomic mass is 16.2. The minimum Gasteiger partial charge on any atom is -0.337 e. The molecule has 3 unspecified atom stereocenters. The van der Waals surface area contributed by atoms with Crippen molar-refractivity contribution in [3.05, 3.63) is 82.9 Å². The van der Waals surface area contributed by atoms with Gasteiger partial charge in [-0.2, -0.15) is 0 Å². The third kappa shape index (κ3) is 9.26. The summed E-state index contributed by atoms with van der Waals surface area (Å²) in [6.45, 7) is 10.6. The Kier molecular flexibility index (Phi) is 12.7. The van der Waals surface area contributed by atoms with Crippen molar-refractivity contribution >= 4 is 16.7 Å². The summed E-state index contributed by atoms with van der Waals surface area (Å²) in [6, 6.07) is 24.0. The molecule has 1 heterocycles. The summed E-state index contributed by atoms with van der Waals surface area (Å²) >= 11 is 0.